The highest BCUT2D eigenvalue weighted by Gasteiger charge is 2.14. The number of rotatable bonds is 3. The second-order valence-corrected chi connectivity index (χ2v) is 2.78. The highest BCUT2D eigenvalue weighted by molar-refractivity contribution is 5.81. The highest BCUT2D eigenvalue weighted by Crippen LogP contribution is 2.17. The Morgan fingerprint density at radius 3 is 2.31 bits per heavy atom. The standard InChI is InChI=1S/C10H11FO2/c1-7(12)10(13-2)8-3-5-9(11)6-4-8/h3-6,10H,1-2H3. The molecule has 1 aromatic rings. The van der Waals surface area contributed by atoms with Gasteiger partial charge in [-0.05, 0) is 24.6 Å². The summed E-state index contributed by atoms with van der Waals surface area (Å²) in [5.41, 5.74) is 0.677. The average molecular weight is 182 g/mol. The van der Waals surface area contributed by atoms with E-state index in [1.54, 1.807) is 12.1 Å². The molecule has 0 aliphatic rings. The molecule has 2 nitrogen and oxygen atoms in total. The highest BCUT2D eigenvalue weighted by atomic mass is 19.1. The van der Waals surface area contributed by atoms with Gasteiger partial charge < -0.3 is 4.74 Å². The Hall–Kier alpha value is -1.22. The van der Waals surface area contributed by atoms with Gasteiger partial charge in [0.25, 0.3) is 0 Å². The van der Waals surface area contributed by atoms with Gasteiger partial charge in [0.1, 0.15) is 11.9 Å². The summed E-state index contributed by atoms with van der Waals surface area (Å²) in [6.07, 6.45) is -0.583. The average Bonchev–Trinajstić information content (AvgIpc) is 2.09. The molecule has 0 saturated carbocycles. The second-order valence-electron chi connectivity index (χ2n) is 2.78. The zero-order chi connectivity index (χ0) is 9.84. The Labute approximate surface area is 76.3 Å². The lowest BCUT2D eigenvalue weighted by Gasteiger charge is -2.11. The molecule has 13 heavy (non-hydrogen) atoms. The molecule has 70 valence electrons. The van der Waals surface area contributed by atoms with Crippen LogP contribution in [0.15, 0.2) is 24.3 Å². The molecule has 0 saturated heterocycles. The number of benzene rings is 1. The molecule has 0 bridgehead atoms. The minimum absolute atomic E-state index is 0.0888. The summed E-state index contributed by atoms with van der Waals surface area (Å²) in [5.74, 6) is -0.406. The van der Waals surface area contributed by atoms with Crippen molar-refractivity contribution in [3.63, 3.8) is 0 Å². The van der Waals surface area contributed by atoms with Crippen LogP contribution in [-0.4, -0.2) is 12.9 Å². The third kappa shape index (κ3) is 2.36. The number of carbonyl (C=O) groups is 1. The molecule has 0 heterocycles. The minimum atomic E-state index is -0.583. The van der Waals surface area contributed by atoms with Gasteiger partial charge in [0.2, 0.25) is 0 Å². The zero-order valence-electron chi connectivity index (χ0n) is 7.58. The summed E-state index contributed by atoms with van der Waals surface area (Å²) in [5, 5.41) is 0. The number of hydrogen-bond acceptors (Lipinski definition) is 2. The van der Waals surface area contributed by atoms with Gasteiger partial charge in [-0.2, -0.15) is 0 Å². The van der Waals surface area contributed by atoms with Gasteiger partial charge in [0.05, 0.1) is 0 Å². The summed E-state index contributed by atoms with van der Waals surface area (Å²) in [4.78, 5) is 11.0. The van der Waals surface area contributed by atoms with E-state index in [0.717, 1.165) is 0 Å². The molecule has 0 amide bonds. The number of Topliss-reactive ketones (excluding diaryl/α,β-unsaturated/α-hetero) is 1. The van der Waals surface area contributed by atoms with E-state index in [9.17, 15) is 9.18 Å². The molecule has 0 aromatic heterocycles. The summed E-state index contributed by atoms with van der Waals surface area (Å²) >= 11 is 0. The summed E-state index contributed by atoms with van der Waals surface area (Å²) in [6, 6.07) is 5.71. The molecule has 1 unspecified atom stereocenters. The van der Waals surface area contributed by atoms with Crippen LogP contribution in [0.5, 0.6) is 0 Å². The number of methoxy groups -OCH3 is 1. The van der Waals surface area contributed by atoms with Crippen LogP contribution in [-0.2, 0) is 9.53 Å². The molecular formula is C10H11FO2. The van der Waals surface area contributed by atoms with Gasteiger partial charge >= 0.3 is 0 Å². The number of halogens is 1. The number of ether oxygens (including phenoxy) is 1. The van der Waals surface area contributed by atoms with Crippen molar-refractivity contribution in [2.75, 3.05) is 7.11 Å². The molecule has 3 heteroatoms. The zero-order valence-corrected chi connectivity index (χ0v) is 7.58. The minimum Gasteiger partial charge on any atom is -0.369 e. The fourth-order valence-electron chi connectivity index (χ4n) is 1.17. The van der Waals surface area contributed by atoms with E-state index in [4.69, 9.17) is 4.74 Å². The third-order valence-electron chi connectivity index (χ3n) is 1.78. The molecule has 0 spiro atoms. The molecule has 0 radical (unpaired) electrons. The molecule has 0 N–H and O–H groups in total. The maximum atomic E-state index is 12.5. The monoisotopic (exact) mass is 182 g/mol. The Morgan fingerprint density at radius 2 is 1.92 bits per heavy atom. The lowest BCUT2D eigenvalue weighted by Crippen LogP contribution is -2.10. The number of ketones is 1. The van der Waals surface area contributed by atoms with Crippen molar-refractivity contribution >= 4 is 5.78 Å². The normalized spacial score (nSPS) is 12.5. The predicted octanol–water partition coefficient (Wildman–Crippen LogP) is 2.10. The fourth-order valence-corrected chi connectivity index (χ4v) is 1.17. The Bertz CT molecular complexity index is 292. The lowest BCUT2D eigenvalue weighted by molar-refractivity contribution is -0.126. The summed E-state index contributed by atoms with van der Waals surface area (Å²) in [7, 11) is 1.45. The first-order chi connectivity index (χ1) is 6.15. The van der Waals surface area contributed by atoms with Gasteiger partial charge in [0, 0.05) is 7.11 Å². The van der Waals surface area contributed by atoms with Crippen LogP contribution in [0.4, 0.5) is 4.39 Å². The molecule has 1 rings (SSSR count). The Balaban J connectivity index is 2.92. The van der Waals surface area contributed by atoms with Crippen molar-refractivity contribution in [3.05, 3.63) is 35.6 Å². The first-order valence-corrected chi connectivity index (χ1v) is 3.94. The van der Waals surface area contributed by atoms with Gasteiger partial charge in [-0.25, -0.2) is 4.39 Å². The van der Waals surface area contributed by atoms with Gasteiger partial charge in [-0.1, -0.05) is 12.1 Å². The van der Waals surface area contributed by atoms with Crippen molar-refractivity contribution in [3.8, 4) is 0 Å². The van der Waals surface area contributed by atoms with E-state index >= 15 is 0 Å². The Morgan fingerprint density at radius 1 is 1.38 bits per heavy atom. The largest absolute Gasteiger partial charge is 0.369 e. The topological polar surface area (TPSA) is 26.3 Å². The van der Waals surface area contributed by atoms with Crippen LogP contribution in [0.1, 0.15) is 18.6 Å². The van der Waals surface area contributed by atoms with Gasteiger partial charge in [-0.3, -0.25) is 4.79 Å². The van der Waals surface area contributed by atoms with E-state index in [2.05, 4.69) is 0 Å². The smallest absolute Gasteiger partial charge is 0.163 e. The van der Waals surface area contributed by atoms with Crippen LogP contribution in [0.2, 0.25) is 0 Å². The van der Waals surface area contributed by atoms with Crippen molar-refractivity contribution < 1.29 is 13.9 Å². The van der Waals surface area contributed by atoms with E-state index in [1.807, 2.05) is 0 Å². The van der Waals surface area contributed by atoms with Crippen molar-refractivity contribution in [2.24, 2.45) is 0 Å². The fraction of sp³-hybridized carbons (Fsp3) is 0.300. The van der Waals surface area contributed by atoms with Gasteiger partial charge in [-0.15, -0.1) is 0 Å². The third-order valence-corrected chi connectivity index (χ3v) is 1.78. The van der Waals surface area contributed by atoms with Crippen LogP contribution in [0.3, 0.4) is 0 Å². The first-order valence-electron chi connectivity index (χ1n) is 3.94. The van der Waals surface area contributed by atoms with E-state index in [1.165, 1.54) is 26.2 Å². The van der Waals surface area contributed by atoms with Crippen LogP contribution in [0.25, 0.3) is 0 Å². The maximum Gasteiger partial charge on any atom is 0.163 e. The quantitative estimate of drug-likeness (QED) is 0.715. The SMILES string of the molecule is COC(C(C)=O)c1ccc(F)cc1. The lowest BCUT2D eigenvalue weighted by atomic mass is 10.1. The Kier molecular flexibility index (Phi) is 3.14. The van der Waals surface area contributed by atoms with Crippen LogP contribution in [0, 0.1) is 5.82 Å². The van der Waals surface area contributed by atoms with Crippen molar-refractivity contribution in [2.45, 2.75) is 13.0 Å². The van der Waals surface area contributed by atoms with E-state index in [0.29, 0.717) is 5.56 Å². The van der Waals surface area contributed by atoms with Crippen molar-refractivity contribution in [1.82, 2.24) is 0 Å². The number of hydrogen-bond donors (Lipinski definition) is 0. The van der Waals surface area contributed by atoms with E-state index < -0.39 is 6.10 Å². The number of carbonyl (C=O) groups excluding carboxylic acids is 1. The molecule has 1 atom stereocenters. The molecule has 0 fully saturated rings. The molecule has 1 aromatic carbocycles. The van der Waals surface area contributed by atoms with E-state index in [-0.39, 0.29) is 11.6 Å². The molecular weight excluding hydrogens is 171 g/mol. The summed E-state index contributed by atoms with van der Waals surface area (Å²) < 4.78 is 17.5. The molecule has 0 aliphatic heterocycles. The van der Waals surface area contributed by atoms with Crippen LogP contribution < -0.4 is 0 Å². The molecule has 0 aliphatic carbocycles. The van der Waals surface area contributed by atoms with Crippen molar-refractivity contribution in [1.29, 1.82) is 0 Å². The summed E-state index contributed by atoms with van der Waals surface area (Å²) in [6.45, 7) is 1.44. The second kappa shape index (κ2) is 4.14. The van der Waals surface area contributed by atoms with Crippen LogP contribution >= 0.6 is 0 Å². The predicted molar refractivity (Wildman–Crippen MR) is 46.8 cm³/mol. The first kappa shape index (κ1) is 9.86. The maximum absolute atomic E-state index is 12.5. The van der Waals surface area contributed by atoms with Gasteiger partial charge in [0.15, 0.2) is 5.78 Å².